The molecule has 0 spiro atoms. The van der Waals surface area contributed by atoms with E-state index in [0.717, 1.165) is 0 Å². The molecule has 0 radical (unpaired) electrons. The minimum atomic E-state index is -2.67. The van der Waals surface area contributed by atoms with E-state index in [1.54, 1.807) is 0 Å². The molecule has 1 heterocycles. The molecular weight excluding hydrogens is 166 g/mol. The van der Waals surface area contributed by atoms with Crippen LogP contribution in [0.4, 0.5) is 8.78 Å². The number of alkyl halides is 2. The molecule has 0 saturated heterocycles. The summed E-state index contributed by atoms with van der Waals surface area (Å²) < 4.78 is 24.9. The lowest BCUT2D eigenvalue weighted by Crippen LogP contribution is -1.97. The van der Waals surface area contributed by atoms with Gasteiger partial charge >= 0.3 is 0 Å². The van der Waals surface area contributed by atoms with Gasteiger partial charge in [0.15, 0.2) is 0 Å². The highest BCUT2D eigenvalue weighted by molar-refractivity contribution is 5.18. The molecule has 1 fully saturated rings. The zero-order valence-corrected chi connectivity index (χ0v) is 6.04. The Morgan fingerprint density at radius 1 is 1.58 bits per heavy atom. The van der Waals surface area contributed by atoms with E-state index in [0.29, 0.717) is 0 Å². The Morgan fingerprint density at radius 2 is 2.25 bits per heavy atom. The fraction of sp³-hybridized carbons (Fsp3) is 0.429. The van der Waals surface area contributed by atoms with Crippen LogP contribution in [0.3, 0.4) is 0 Å². The van der Waals surface area contributed by atoms with Gasteiger partial charge in [-0.15, -0.1) is 0 Å². The van der Waals surface area contributed by atoms with Crippen molar-refractivity contribution in [1.82, 2.24) is 9.97 Å². The van der Waals surface area contributed by atoms with Crippen molar-refractivity contribution in [3.8, 4) is 5.88 Å². The lowest BCUT2D eigenvalue weighted by molar-refractivity contribution is 0.111. The maximum atomic E-state index is 12.5. The van der Waals surface area contributed by atoms with E-state index in [1.165, 1.54) is 12.3 Å². The second-order valence-electron chi connectivity index (χ2n) is 2.79. The normalized spacial score (nSPS) is 25.3. The van der Waals surface area contributed by atoms with Crippen LogP contribution in [-0.2, 0) is 0 Å². The third-order valence-corrected chi connectivity index (χ3v) is 1.80. The van der Waals surface area contributed by atoms with Gasteiger partial charge in [-0.1, -0.05) is 0 Å². The summed E-state index contributed by atoms with van der Waals surface area (Å²) >= 11 is 0. The molecule has 1 unspecified atom stereocenters. The number of rotatable bonds is 1. The second-order valence-corrected chi connectivity index (χ2v) is 2.79. The van der Waals surface area contributed by atoms with Gasteiger partial charge in [0.2, 0.25) is 5.88 Å². The Hall–Kier alpha value is -1.26. The van der Waals surface area contributed by atoms with Gasteiger partial charge in [0.1, 0.15) is 5.82 Å². The van der Waals surface area contributed by atoms with E-state index >= 15 is 0 Å². The molecule has 12 heavy (non-hydrogen) atoms. The quantitative estimate of drug-likeness (QED) is 0.694. The monoisotopic (exact) mass is 172 g/mol. The van der Waals surface area contributed by atoms with Gasteiger partial charge in [0.25, 0.3) is 5.92 Å². The molecule has 5 heteroatoms. The zero-order chi connectivity index (χ0) is 8.77. The van der Waals surface area contributed by atoms with Crippen LogP contribution in [0.2, 0.25) is 0 Å². The van der Waals surface area contributed by atoms with Gasteiger partial charge in [0, 0.05) is 18.7 Å². The largest absolute Gasteiger partial charge is 0.493 e. The van der Waals surface area contributed by atoms with Crippen LogP contribution in [0.5, 0.6) is 5.88 Å². The predicted molar refractivity (Wildman–Crippen MR) is 36.0 cm³/mol. The van der Waals surface area contributed by atoms with Crippen molar-refractivity contribution in [3.63, 3.8) is 0 Å². The SMILES string of the molecule is Oc1ccnc(C2CC2(F)F)n1. The Labute approximate surface area is 67.1 Å². The minimum Gasteiger partial charge on any atom is -0.493 e. The highest BCUT2D eigenvalue weighted by atomic mass is 19.3. The Bertz CT molecular complexity index is 316. The number of aromatic nitrogens is 2. The van der Waals surface area contributed by atoms with Gasteiger partial charge in [-0.2, -0.15) is 4.98 Å². The number of nitrogens with zero attached hydrogens (tertiary/aromatic N) is 2. The molecule has 3 nitrogen and oxygen atoms in total. The van der Waals surface area contributed by atoms with Crippen LogP contribution < -0.4 is 0 Å². The van der Waals surface area contributed by atoms with E-state index in [-0.39, 0.29) is 18.1 Å². The summed E-state index contributed by atoms with van der Waals surface area (Å²) in [7, 11) is 0. The number of aromatic hydroxyl groups is 1. The van der Waals surface area contributed by atoms with Crippen molar-refractivity contribution < 1.29 is 13.9 Å². The first kappa shape index (κ1) is 7.39. The van der Waals surface area contributed by atoms with E-state index in [2.05, 4.69) is 9.97 Å². The molecular formula is C7H6F2N2O. The van der Waals surface area contributed by atoms with Crippen molar-refractivity contribution in [2.75, 3.05) is 0 Å². The molecule has 1 atom stereocenters. The van der Waals surface area contributed by atoms with E-state index in [1.807, 2.05) is 0 Å². The maximum absolute atomic E-state index is 12.5. The molecule has 0 amide bonds. The van der Waals surface area contributed by atoms with Crippen LogP contribution in [0, 0.1) is 0 Å². The number of hydrogen-bond donors (Lipinski definition) is 1. The lowest BCUT2D eigenvalue weighted by atomic mass is 10.4. The molecule has 2 rings (SSSR count). The van der Waals surface area contributed by atoms with Crippen molar-refractivity contribution in [1.29, 1.82) is 0 Å². The summed E-state index contributed by atoms with van der Waals surface area (Å²) in [4.78, 5) is 7.14. The highest BCUT2D eigenvalue weighted by Crippen LogP contribution is 2.54. The third kappa shape index (κ3) is 1.11. The Kier molecular flexibility index (Phi) is 1.31. The summed E-state index contributed by atoms with van der Waals surface area (Å²) in [6, 6.07) is 1.25. The van der Waals surface area contributed by atoms with Crippen molar-refractivity contribution in [2.24, 2.45) is 0 Å². The summed E-state index contributed by atoms with van der Waals surface area (Å²) in [5.41, 5.74) is 0. The highest BCUT2D eigenvalue weighted by Gasteiger charge is 2.59. The Morgan fingerprint density at radius 3 is 2.75 bits per heavy atom. The average molecular weight is 172 g/mol. The average Bonchev–Trinajstić information content (AvgIpc) is 2.60. The smallest absolute Gasteiger partial charge is 0.259 e. The minimum absolute atomic E-state index is 0.0278. The van der Waals surface area contributed by atoms with Crippen LogP contribution in [0.25, 0.3) is 0 Å². The first-order valence-corrected chi connectivity index (χ1v) is 3.49. The van der Waals surface area contributed by atoms with Gasteiger partial charge in [-0.25, -0.2) is 13.8 Å². The van der Waals surface area contributed by atoms with Crippen LogP contribution >= 0.6 is 0 Å². The fourth-order valence-electron chi connectivity index (χ4n) is 1.03. The van der Waals surface area contributed by atoms with E-state index < -0.39 is 11.8 Å². The first-order chi connectivity index (χ1) is 5.59. The molecule has 1 aliphatic carbocycles. The van der Waals surface area contributed by atoms with Crippen LogP contribution in [-0.4, -0.2) is 21.0 Å². The van der Waals surface area contributed by atoms with Crippen molar-refractivity contribution >= 4 is 0 Å². The molecule has 1 aromatic rings. The van der Waals surface area contributed by atoms with Gasteiger partial charge < -0.3 is 5.11 Å². The number of hydrogen-bond acceptors (Lipinski definition) is 3. The van der Waals surface area contributed by atoms with Gasteiger partial charge in [-0.05, 0) is 0 Å². The summed E-state index contributed by atoms with van der Waals surface area (Å²) in [5, 5.41) is 8.86. The molecule has 1 N–H and O–H groups in total. The first-order valence-electron chi connectivity index (χ1n) is 3.49. The Balaban J connectivity index is 2.26. The maximum Gasteiger partial charge on any atom is 0.259 e. The predicted octanol–water partition coefficient (Wildman–Crippen LogP) is 1.30. The second kappa shape index (κ2) is 2.12. The molecule has 1 aromatic heterocycles. The topological polar surface area (TPSA) is 46.0 Å². The van der Waals surface area contributed by atoms with Crippen LogP contribution in [0.15, 0.2) is 12.3 Å². The third-order valence-electron chi connectivity index (χ3n) is 1.80. The molecule has 0 bridgehead atoms. The van der Waals surface area contributed by atoms with E-state index in [4.69, 9.17) is 5.11 Å². The van der Waals surface area contributed by atoms with Crippen molar-refractivity contribution in [3.05, 3.63) is 18.1 Å². The number of halogens is 2. The van der Waals surface area contributed by atoms with Gasteiger partial charge in [-0.3, -0.25) is 0 Å². The fourth-order valence-corrected chi connectivity index (χ4v) is 1.03. The van der Waals surface area contributed by atoms with E-state index in [9.17, 15) is 8.78 Å². The summed E-state index contributed by atoms with van der Waals surface area (Å²) in [5.74, 6) is -3.80. The van der Waals surface area contributed by atoms with Crippen LogP contribution in [0.1, 0.15) is 18.2 Å². The standard InChI is InChI=1S/C7H6F2N2O/c8-7(9)3-4(7)6-10-2-1-5(12)11-6/h1-2,4H,3H2,(H,10,11,12). The zero-order valence-electron chi connectivity index (χ0n) is 6.04. The molecule has 1 aliphatic rings. The molecule has 1 saturated carbocycles. The molecule has 0 aliphatic heterocycles. The lowest BCUT2D eigenvalue weighted by Gasteiger charge is -1.96. The summed E-state index contributed by atoms with van der Waals surface area (Å²) in [6.07, 6.45) is 1.06. The summed E-state index contributed by atoms with van der Waals surface area (Å²) in [6.45, 7) is 0. The molecule has 64 valence electrons. The van der Waals surface area contributed by atoms with Gasteiger partial charge in [0.05, 0.1) is 5.92 Å². The molecule has 0 aromatic carbocycles. The van der Waals surface area contributed by atoms with Crippen molar-refractivity contribution in [2.45, 2.75) is 18.3 Å².